The molecule has 0 unspecified atom stereocenters. The fourth-order valence-electron chi connectivity index (χ4n) is 1.85. The maximum Gasteiger partial charge on any atom is 0.255 e. The van der Waals surface area contributed by atoms with Crippen molar-refractivity contribution in [2.45, 2.75) is 13.8 Å². The molecule has 8 heteroatoms. The standard InChI is InChI=1S/C15H19N5O3/c1-8-9(2)17-15(19-13(8)21)20-14(16)18-10-5-11(22-3)7-12(6-10)23-4/h5-7H,1-4H3,(H4,16,17,18,19,20,21). The number of methoxy groups -OCH3 is 2. The van der Waals surface area contributed by atoms with Crippen molar-refractivity contribution >= 4 is 17.6 Å². The Morgan fingerprint density at radius 1 is 1.22 bits per heavy atom. The summed E-state index contributed by atoms with van der Waals surface area (Å²) in [6.07, 6.45) is 0. The second-order valence-corrected chi connectivity index (χ2v) is 4.82. The quantitative estimate of drug-likeness (QED) is 0.581. The topological polar surface area (TPSA) is 115 Å². The van der Waals surface area contributed by atoms with Crippen molar-refractivity contribution in [1.29, 1.82) is 0 Å². The Morgan fingerprint density at radius 3 is 2.35 bits per heavy atom. The van der Waals surface area contributed by atoms with Crippen molar-refractivity contribution in [1.82, 2.24) is 9.97 Å². The lowest BCUT2D eigenvalue weighted by atomic mass is 10.3. The smallest absolute Gasteiger partial charge is 0.255 e. The van der Waals surface area contributed by atoms with E-state index in [1.807, 2.05) is 0 Å². The van der Waals surface area contributed by atoms with Crippen LogP contribution in [0.2, 0.25) is 0 Å². The zero-order valence-corrected chi connectivity index (χ0v) is 13.4. The molecule has 1 aromatic carbocycles. The highest BCUT2D eigenvalue weighted by molar-refractivity contribution is 5.93. The Kier molecular flexibility index (Phi) is 4.85. The van der Waals surface area contributed by atoms with Gasteiger partial charge in [0.15, 0.2) is 0 Å². The second kappa shape index (κ2) is 6.82. The molecule has 0 bridgehead atoms. The number of aliphatic imine (C=N–C) groups is 1. The third kappa shape index (κ3) is 4.00. The van der Waals surface area contributed by atoms with Crippen LogP contribution in [0, 0.1) is 13.8 Å². The van der Waals surface area contributed by atoms with Crippen LogP contribution in [0.25, 0.3) is 0 Å². The van der Waals surface area contributed by atoms with E-state index in [2.05, 4.69) is 20.3 Å². The number of benzene rings is 1. The summed E-state index contributed by atoms with van der Waals surface area (Å²) in [5, 5.41) is 2.90. The molecule has 0 aliphatic heterocycles. The molecule has 2 aromatic rings. The number of nitrogens with two attached hydrogens (primary N) is 1. The van der Waals surface area contributed by atoms with Gasteiger partial charge in [0, 0.05) is 35.1 Å². The molecule has 1 aromatic heterocycles. The highest BCUT2D eigenvalue weighted by atomic mass is 16.5. The lowest BCUT2D eigenvalue weighted by Crippen LogP contribution is -2.23. The van der Waals surface area contributed by atoms with Crippen molar-refractivity contribution in [2.24, 2.45) is 10.7 Å². The molecule has 122 valence electrons. The lowest BCUT2D eigenvalue weighted by molar-refractivity contribution is 0.395. The van der Waals surface area contributed by atoms with Crippen molar-refractivity contribution in [3.63, 3.8) is 0 Å². The monoisotopic (exact) mass is 317 g/mol. The van der Waals surface area contributed by atoms with E-state index in [1.165, 1.54) is 0 Å². The maximum atomic E-state index is 11.7. The number of nitrogens with zero attached hydrogens (tertiary/aromatic N) is 2. The number of rotatable bonds is 4. The Balaban J connectivity index is 2.28. The van der Waals surface area contributed by atoms with Crippen LogP contribution in [-0.2, 0) is 0 Å². The summed E-state index contributed by atoms with van der Waals surface area (Å²) >= 11 is 0. The van der Waals surface area contributed by atoms with Crippen LogP contribution in [-0.4, -0.2) is 30.1 Å². The van der Waals surface area contributed by atoms with Gasteiger partial charge in [0.2, 0.25) is 11.9 Å². The van der Waals surface area contributed by atoms with Gasteiger partial charge in [-0.3, -0.25) is 9.78 Å². The molecular weight excluding hydrogens is 298 g/mol. The van der Waals surface area contributed by atoms with Gasteiger partial charge in [0.25, 0.3) is 5.56 Å². The molecule has 8 nitrogen and oxygen atoms in total. The minimum Gasteiger partial charge on any atom is -0.497 e. The zero-order valence-electron chi connectivity index (χ0n) is 13.4. The zero-order chi connectivity index (χ0) is 17.0. The van der Waals surface area contributed by atoms with Crippen molar-refractivity contribution < 1.29 is 9.47 Å². The summed E-state index contributed by atoms with van der Waals surface area (Å²) in [4.78, 5) is 22.5. The number of hydrogen-bond acceptors (Lipinski definition) is 5. The fraction of sp³-hybridized carbons (Fsp3) is 0.267. The van der Waals surface area contributed by atoms with Gasteiger partial charge in [-0.1, -0.05) is 0 Å². The molecule has 4 N–H and O–H groups in total. The number of H-pyrrole nitrogens is 1. The van der Waals surface area contributed by atoms with E-state index in [0.717, 1.165) is 0 Å². The average Bonchev–Trinajstić information content (AvgIpc) is 2.51. The maximum absolute atomic E-state index is 11.7. The van der Waals surface area contributed by atoms with Crippen LogP contribution in [0.3, 0.4) is 0 Å². The van der Waals surface area contributed by atoms with Gasteiger partial charge in [-0.15, -0.1) is 0 Å². The Bertz CT molecular complexity index is 776. The Morgan fingerprint density at radius 2 is 1.83 bits per heavy atom. The van der Waals surface area contributed by atoms with Gasteiger partial charge in [-0.25, -0.2) is 4.98 Å². The number of guanidine groups is 1. The first kappa shape index (κ1) is 16.3. The van der Waals surface area contributed by atoms with E-state index in [0.29, 0.717) is 28.4 Å². The predicted molar refractivity (Wildman–Crippen MR) is 88.8 cm³/mol. The molecule has 0 aliphatic carbocycles. The van der Waals surface area contributed by atoms with Crippen LogP contribution in [0.15, 0.2) is 28.0 Å². The van der Waals surface area contributed by atoms with Gasteiger partial charge in [-0.05, 0) is 13.8 Å². The molecule has 0 spiro atoms. The molecule has 0 saturated carbocycles. The molecule has 0 saturated heterocycles. The predicted octanol–water partition coefficient (Wildman–Crippen LogP) is 1.46. The van der Waals surface area contributed by atoms with E-state index >= 15 is 0 Å². The first-order valence-electron chi connectivity index (χ1n) is 6.84. The molecule has 0 radical (unpaired) electrons. The van der Waals surface area contributed by atoms with Gasteiger partial charge < -0.3 is 20.5 Å². The van der Waals surface area contributed by atoms with Crippen molar-refractivity contribution in [3.05, 3.63) is 39.8 Å². The van der Waals surface area contributed by atoms with Gasteiger partial charge in [0.1, 0.15) is 11.5 Å². The van der Waals surface area contributed by atoms with Crippen LogP contribution < -0.4 is 26.1 Å². The molecule has 0 aliphatic rings. The number of anilines is 1. The molecule has 0 fully saturated rings. The van der Waals surface area contributed by atoms with Crippen LogP contribution in [0.4, 0.5) is 11.6 Å². The van der Waals surface area contributed by atoms with Crippen LogP contribution >= 0.6 is 0 Å². The largest absolute Gasteiger partial charge is 0.497 e. The number of hydrogen-bond donors (Lipinski definition) is 3. The number of aromatic nitrogens is 2. The normalized spacial score (nSPS) is 11.2. The summed E-state index contributed by atoms with van der Waals surface area (Å²) in [6, 6.07) is 5.21. The number of aryl methyl sites for hydroxylation is 1. The van der Waals surface area contributed by atoms with E-state index in [-0.39, 0.29) is 17.5 Å². The summed E-state index contributed by atoms with van der Waals surface area (Å²) in [6.45, 7) is 3.43. The van der Waals surface area contributed by atoms with Crippen LogP contribution in [0.5, 0.6) is 11.5 Å². The minimum absolute atomic E-state index is 0.0757. The number of ether oxygens (including phenoxy) is 2. The van der Waals surface area contributed by atoms with E-state index in [9.17, 15) is 4.79 Å². The Labute approximate surface area is 133 Å². The number of aromatic amines is 1. The first-order chi connectivity index (χ1) is 10.9. The third-order valence-electron chi connectivity index (χ3n) is 3.23. The molecule has 23 heavy (non-hydrogen) atoms. The van der Waals surface area contributed by atoms with Crippen molar-refractivity contribution in [3.8, 4) is 11.5 Å². The lowest BCUT2D eigenvalue weighted by Gasteiger charge is -2.10. The molecule has 1 heterocycles. The summed E-state index contributed by atoms with van der Waals surface area (Å²) in [7, 11) is 3.11. The van der Waals surface area contributed by atoms with Gasteiger partial charge in [0.05, 0.1) is 14.2 Å². The van der Waals surface area contributed by atoms with Crippen LogP contribution in [0.1, 0.15) is 11.3 Å². The highest BCUT2D eigenvalue weighted by Gasteiger charge is 2.05. The van der Waals surface area contributed by atoms with E-state index < -0.39 is 0 Å². The van der Waals surface area contributed by atoms with Crippen molar-refractivity contribution in [2.75, 3.05) is 19.5 Å². The average molecular weight is 317 g/mol. The molecular formula is C15H19N5O3. The van der Waals surface area contributed by atoms with Gasteiger partial charge in [-0.2, -0.15) is 4.99 Å². The first-order valence-corrected chi connectivity index (χ1v) is 6.84. The van der Waals surface area contributed by atoms with Gasteiger partial charge >= 0.3 is 0 Å². The minimum atomic E-state index is -0.243. The molecule has 2 rings (SSSR count). The summed E-state index contributed by atoms with van der Waals surface area (Å²) in [5.41, 5.74) is 7.39. The SMILES string of the molecule is COc1cc(NC(N)=Nc2nc(C)c(C)c(=O)[nH]2)cc(OC)c1. The second-order valence-electron chi connectivity index (χ2n) is 4.82. The third-order valence-corrected chi connectivity index (χ3v) is 3.23. The highest BCUT2D eigenvalue weighted by Crippen LogP contribution is 2.25. The Hall–Kier alpha value is -3.03. The molecule has 0 amide bonds. The molecule has 0 atom stereocenters. The summed E-state index contributed by atoms with van der Waals surface area (Å²) in [5.74, 6) is 1.43. The van der Waals surface area contributed by atoms with E-state index in [4.69, 9.17) is 15.2 Å². The van der Waals surface area contributed by atoms with E-state index in [1.54, 1.807) is 46.3 Å². The fourth-order valence-corrected chi connectivity index (χ4v) is 1.85. The summed E-state index contributed by atoms with van der Waals surface area (Å²) < 4.78 is 10.4. The number of nitrogens with one attached hydrogen (secondary N) is 2.